The van der Waals surface area contributed by atoms with Gasteiger partial charge >= 0.3 is 0 Å². The molecule has 2 aromatic carbocycles. The van der Waals surface area contributed by atoms with Gasteiger partial charge in [-0.3, -0.25) is 14.5 Å². The summed E-state index contributed by atoms with van der Waals surface area (Å²) in [5, 5.41) is 3.02. The molecule has 0 spiro atoms. The van der Waals surface area contributed by atoms with Crippen LogP contribution in [0.15, 0.2) is 66.9 Å². The second-order valence-electron chi connectivity index (χ2n) is 7.57. The maximum Gasteiger partial charge on any atom is 0.294 e. The first-order valence-corrected chi connectivity index (χ1v) is 9.69. The van der Waals surface area contributed by atoms with Gasteiger partial charge in [-0.2, -0.15) is 4.57 Å². The van der Waals surface area contributed by atoms with E-state index in [1.807, 2.05) is 86.1 Å². The molecule has 3 aromatic rings. The molecule has 1 N–H and O–H groups in total. The minimum Gasteiger partial charge on any atom is -0.324 e. The number of aromatic nitrogens is 1. The van der Waals surface area contributed by atoms with E-state index in [4.69, 9.17) is 0 Å². The van der Waals surface area contributed by atoms with Gasteiger partial charge < -0.3 is 5.32 Å². The molecule has 5 heteroatoms. The van der Waals surface area contributed by atoms with Crippen molar-refractivity contribution >= 4 is 23.2 Å². The second kappa shape index (κ2) is 7.51. The SMILES string of the molecule is Cc1cc(C)cc(N2C(=O)C[n+]3ccccc3[C@H]2C(=O)Nc2ccccc2C)c1. The summed E-state index contributed by atoms with van der Waals surface area (Å²) in [4.78, 5) is 28.2. The molecule has 1 aliphatic rings. The lowest BCUT2D eigenvalue weighted by atomic mass is 10.0. The number of para-hydroxylation sites is 1. The van der Waals surface area contributed by atoms with Crippen molar-refractivity contribution in [2.75, 3.05) is 10.2 Å². The van der Waals surface area contributed by atoms with Gasteiger partial charge in [-0.25, -0.2) is 0 Å². The van der Waals surface area contributed by atoms with E-state index in [1.54, 1.807) is 4.90 Å². The fraction of sp³-hybridized carbons (Fsp3) is 0.208. The maximum absolute atomic E-state index is 13.5. The number of nitrogens with one attached hydrogen (secondary N) is 1. The number of nitrogens with zero attached hydrogens (tertiary/aromatic N) is 2. The van der Waals surface area contributed by atoms with Crippen LogP contribution in [0.25, 0.3) is 0 Å². The Morgan fingerprint density at radius 3 is 2.41 bits per heavy atom. The standard InChI is InChI=1S/C24H23N3O2/c1-16-12-17(2)14-19(13-16)27-22(28)15-26-11-7-6-10-21(26)23(27)24(29)25-20-9-5-4-8-18(20)3/h4-14,23H,15H2,1-3H3/p+1/t23-/m0/s1. The fourth-order valence-corrected chi connectivity index (χ4v) is 3.93. The van der Waals surface area contributed by atoms with Crippen LogP contribution in [0.2, 0.25) is 0 Å². The van der Waals surface area contributed by atoms with Gasteiger partial charge in [0, 0.05) is 23.5 Å². The predicted octanol–water partition coefficient (Wildman–Crippen LogP) is 3.63. The average molecular weight is 386 g/mol. The number of hydrogen-bond acceptors (Lipinski definition) is 2. The highest BCUT2D eigenvalue weighted by Crippen LogP contribution is 2.31. The molecule has 0 aliphatic carbocycles. The third-order valence-electron chi connectivity index (χ3n) is 5.22. The molecular weight excluding hydrogens is 362 g/mol. The van der Waals surface area contributed by atoms with Crippen molar-refractivity contribution in [1.29, 1.82) is 0 Å². The van der Waals surface area contributed by atoms with E-state index >= 15 is 0 Å². The van der Waals surface area contributed by atoms with E-state index in [2.05, 4.69) is 11.4 Å². The van der Waals surface area contributed by atoms with Gasteiger partial charge in [0.25, 0.3) is 11.8 Å². The minimum absolute atomic E-state index is 0.108. The summed E-state index contributed by atoms with van der Waals surface area (Å²) >= 11 is 0. The van der Waals surface area contributed by atoms with Crippen molar-refractivity contribution in [3.05, 3.63) is 89.2 Å². The Bertz CT molecular complexity index is 1090. The molecule has 4 rings (SSSR count). The molecule has 1 aliphatic heterocycles. The van der Waals surface area contributed by atoms with Crippen LogP contribution >= 0.6 is 0 Å². The number of fused-ring (bicyclic) bond motifs is 1. The summed E-state index contributed by atoms with van der Waals surface area (Å²) in [5.41, 5.74) is 5.36. The molecule has 0 saturated carbocycles. The zero-order chi connectivity index (χ0) is 20.5. The van der Waals surface area contributed by atoms with Crippen LogP contribution in [0.4, 0.5) is 11.4 Å². The van der Waals surface area contributed by atoms with Crippen molar-refractivity contribution in [2.45, 2.75) is 33.4 Å². The molecule has 2 heterocycles. The van der Waals surface area contributed by atoms with Crippen molar-refractivity contribution in [3.8, 4) is 0 Å². The highest BCUT2D eigenvalue weighted by molar-refractivity contribution is 6.05. The number of amides is 2. The smallest absolute Gasteiger partial charge is 0.294 e. The summed E-state index contributed by atoms with van der Waals surface area (Å²) in [6.45, 7) is 6.15. The Hall–Kier alpha value is -3.47. The average Bonchev–Trinajstić information content (AvgIpc) is 2.67. The van der Waals surface area contributed by atoms with E-state index in [-0.39, 0.29) is 18.4 Å². The van der Waals surface area contributed by atoms with Crippen LogP contribution in [-0.4, -0.2) is 11.8 Å². The first-order valence-electron chi connectivity index (χ1n) is 9.69. The normalized spacial score (nSPS) is 15.8. The number of benzene rings is 2. The zero-order valence-electron chi connectivity index (χ0n) is 16.8. The molecular formula is C24H24N3O2+. The molecule has 2 amide bonds. The van der Waals surface area contributed by atoms with Gasteiger partial charge in [-0.05, 0) is 55.7 Å². The number of aryl methyl sites for hydroxylation is 3. The van der Waals surface area contributed by atoms with Gasteiger partial charge in [-0.15, -0.1) is 0 Å². The van der Waals surface area contributed by atoms with Gasteiger partial charge in [0.2, 0.25) is 18.3 Å². The number of anilines is 2. The van der Waals surface area contributed by atoms with Gasteiger partial charge in [0.05, 0.1) is 0 Å². The maximum atomic E-state index is 13.5. The largest absolute Gasteiger partial charge is 0.324 e. The van der Waals surface area contributed by atoms with E-state index in [9.17, 15) is 9.59 Å². The van der Waals surface area contributed by atoms with Crippen molar-refractivity contribution < 1.29 is 14.2 Å². The number of hydrogen-bond donors (Lipinski definition) is 1. The van der Waals surface area contributed by atoms with Crippen LogP contribution in [0.1, 0.15) is 28.4 Å². The molecule has 0 fully saturated rings. The lowest BCUT2D eigenvalue weighted by Gasteiger charge is -2.32. The number of carbonyl (C=O) groups is 2. The molecule has 0 bridgehead atoms. The molecule has 1 atom stereocenters. The van der Waals surface area contributed by atoms with Crippen LogP contribution in [0.5, 0.6) is 0 Å². The summed E-state index contributed by atoms with van der Waals surface area (Å²) in [6.07, 6.45) is 1.85. The fourth-order valence-electron chi connectivity index (χ4n) is 3.93. The van der Waals surface area contributed by atoms with Crippen molar-refractivity contribution in [1.82, 2.24) is 0 Å². The quantitative estimate of drug-likeness (QED) is 0.699. The Balaban J connectivity index is 1.81. The van der Waals surface area contributed by atoms with E-state index in [0.717, 1.165) is 33.8 Å². The summed E-state index contributed by atoms with van der Waals surface area (Å²) < 4.78 is 1.85. The second-order valence-corrected chi connectivity index (χ2v) is 7.57. The summed E-state index contributed by atoms with van der Waals surface area (Å²) in [7, 11) is 0. The van der Waals surface area contributed by atoms with Crippen LogP contribution in [0.3, 0.4) is 0 Å². The molecule has 0 unspecified atom stereocenters. The first-order chi connectivity index (χ1) is 13.9. The highest BCUT2D eigenvalue weighted by Gasteiger charge is 2.43. The first kappa shape index (κ1) is 18.9. The Morgan fingerprint density at radius 1 is 1.00 bits per heavy atom. The third-order valence-corrected chi connectivity index (χ3v) is 5.22. The lowest BCUT2D eigenvalue weighted by Crippen LogP contribution is -2.58. The number of carbonyl (C=O) groups excluding carboxylic acids is 2. The Morgan fingerprint density at radius 2 is 1.69 bits per heavy atom. The molecule has 5 nitrogen and oxygen atoms in total. The van der Waals surface area contributed by atoms with Crippen LogP contribution in [0, 0.1) is 20.8 Å². The summed E-state index contributed by atoms with van der Waals surface area (Å²) in [6, 6.07) is 18.5. The molecule has 146 valence electrons. The molecule has 0 radical (unpaired) electrons. The molecule has 29 heavy (non-hydrogen) atoms. The lowest BCUT2D eigenvalue weighted by molar-refractivity contribution is -0.695. The number of rotatable bonds is 3. The van der Waals surface area contributed by atoms with E-state index < -0.39 is 6.04 Å². The van der Waals surface area contributed by atoms with Gasteiger partial charge in [0.15, 0.2) is 6.20 Å². The van der Waals surface area contributed by atoms with Crippen LogP contribution in [-0.2, 0) is 16.1 Å². The van der Waals surface area contributed by atoms with E-state index in [0.29, 0.717) is 0 Å². The van der Waals surface area contributed by atoms with E-state index in [1.165, 1.54) is 0 Å². The van der Waals surface area contributed by atoms with Gasteiger partial charge in [-0.1, -0.05) is 30.3 Å². The van der Waals surface area contributed by atoms with Crippen LogP contribution < -0.4 is 14.8 Å². The zero-order valence-corrected chi connectivity index (χ0v) is 16.8. The van der Waals surface area contributed by atoms with Gasteiger partial charge in [0.1, 0.15) is 0 Å². The number of pyridine rings is 1. The Labute approximate surface area is 170 Å². The predicted molar refractivity (Wildman–Crippen MR) is 113 cm³/mol. The molecule has 0 saturated heterocycles. The minimum atomic E-state index is -0.752. The Kier molecular flexibility index (Phi) is 4.89. The summed E-state index contributed by atoms with van der Waals surface area (Å²) in [5.74, 6) is -0.338. The third kappa shape index (κ3) is 3.63. The monoisotopic (exact) mass is 386 g/mol. The molecule has 1 aromatic heterocycles. The van der Waals surface area contributed by atoms with Crippen molar-refractivity contribution in [3.63, 3.8) is 0 Å². The van der Waals surface area contributed by atoms with Crippen molar-refractivity contribution in [2.24, 2.45) is 0 Å². The highest BCUT2D eigenvalue weighted by atomic mass is 16.2. The topological polar surface area (TPSA) is 53.3 Å².